The van der Waals surface area contributed by atoms with Crippen LogP contribution in [0.25, 0.3) is 11.3 Å². The number of halogens is 1. The zero-order chi connectivity index (χ0) is 22.4. The molecule has 162 valence electrons. The molecule has 1 heterocycles. The number of nitrogens with one attached hydrogen (secondary N) is 2. The first-order valence-electron chi connectivity index (χ1n) is 9.38. The largest absolute Gasteiger partial charge is 0.493 e. The van der Waals surface area contributed by atoms with Crippen LogP contribution in [0.2, 0.25) is 0 Å². The van der Waals surface area contributed by atoms with E-state index in [4.69, 9.17) is 14.2 Å². The van der Waals surface area contributed by atoms with Crippen molar-refractivity contribution in [1.82, 2.24) is 15.4 Å². The summed E-state index contributed by atoms with van der Waals surface area (Å²) in [5.74, 6) is -0.214. The van der Waals surface area contributed by atoms with Crippen LogP contribution >= 0.6 is 15.9 Å². The van der Waals surface area contributed by atoms with Crippen LogP contribution in [0.5, 0.6) is 11.5 Å². The number of anilines is 1. The fourth-order valence-corrected chi connectivity index (χ4v) is 3.30. The number of methoxy groups -OCH3 is 1. The number of carbonyl (C=O) groups excluding carboxylic acids is 2. The molecule has 2 aromatic carbocycles. The van der Waals surface area contributed by atoms with Crippen LogP contribution in [0.3, 0.4) is 0 Å². The molecule has 0 aliphatic rings. The third-order valence-electron chi connectivity index (χ3n) is 4.20. The summed E-state index contributed by atoms with van der Waals surface area (Å²) in [6.07, 6.45) is 0. The van der Waals surface area contributed by atoms with Crippen LogP contribution in [0.15, 0.2) is 40.9 Å². The predicted octanol–water partition coefficient (Wildman–Crippen LogP) is 3.75. The van der Waals surface area contributed by atoms with E-state index in [1.165, 1.54) is 7.11 Å². The molecule has 0 saturated heterocycles. The molecule has 0 saturated carbocycles. The van der Waals surface area contributed by atoms with Crippen molar-refractivity contribution in [2.24, 2.45) is 0 Å². The SMILES string of the molecule is CCOC(=O)c1n[nH]nc1-c1cc(Br)c(OCC(=O)Nc2ccc(C)cc2)c(OC)c1. The lowest BCUT2D eigenvalue weighted by Crippen LogP contribution is -2.20. The van der Waals surface area contributed by atoms with E-state index in [2.05, 4.69) is 36.7 Å². The summed E-state index contributed by atoms with van der Waals surface area (Å²) in [4.78, 5) is 24.3. The van der Waals surface area contributed by atoms with Gasteiger partial charge in [0.15, 0.2) is 23.8 Å². The summed E-state index contributed by atoms with van der Waals surface area (Å²) < 4.78 is 16.6. The fourth-order valence-electron chi connectivity index (χ4n) is 2.74. The molecule has 3 aromatic rings. The van der Waals surface area contributed by atoms with Gasteiger partial charge in [0, 0.05) is 11.3 Å². The third kappa shape index (κ3) is 5.40. The summed E-state index contributed by atoms with van der Waals surface area (Å²) in [5, 5.41) is 13.1. The van der Waals surface area contributed by atoms with Crippen molar-refractivity contribution in [1.29, 1.82) is 0 Å². The van der Waals surface area contributed by atoms with Gasteiger partial charge >= 0.3 is 5.97 Å². The van der Waals surface area contributed by atoms with Gasteiger partial charge in [0.25, 0.3) is 5.91 Å². The lowest BCUT2D eigenvalue weighted by atomic mass is 10.1. The average molecular weight is 489 g/mol. The van der Waals surface area contributed by atoms with E-state index in [1.54, 1.807) is 19.1 Å². The van der Waals surface area contributed by atoms with Crippen molar-refractivity contribution in [3.8, 4) is 22.8 Å². The second kappa shape index (κ2) is 10.1. The zero-order valence-electron chi connectivity index (χ0n) is 17.2. The number of hydrogen-bond acceptors (Lipinski definition) is 7. The number of rotatable bonds is 8. The van der Waals surface area contributed by atoms with E-state index in [0.717, 1.165) is 5.56 Å². The van der Waals surface area contributed by atoms with Gasteiger partial charge in [-0.15, -0.1) is 5.10 Å². The smallest absolute Gasteiger partial charge is 0.361 e. The Labute approximate surface area is 187 Å². The zero-order valence-corrected chi connectivity index (χ0v) is 18.8. The van der Waals surface area contributed by atoms with Crippen molar-refractivity contribution in [3.63, 3.8) is 0 Å². The maximum absolute atomic E-state index is 12.3. The molecule has 0 aliphatic carbocycles. The molecule has 9 nitrogen and oxygen atoms in total. The van der Waals surface area contributed by atoms with E-state index in [0.29, 0.717) is 32.9 Å². The average Bonchev–Trinajstić information content (AvgIpc) is 3.24. The number of aromatic amines is 1. The summed E-state index contributed by atoms with van der Waals surface area (Å²) in [5.41, 5.74) is 2.69. The number of benzene rings is 2. The number of aromatic nitrogens is 3. The number of nitrogens with zero attached hydrogens (tertiary/aromatic N) is 2. The monoisotopic (exact) mass is 488 g/mol. The van der Waals surface area contributed by atoms with Crippen LogP contribution < -0.4 is 14.8 Å². The number of ether oxygens (including phenoxy) is 3. The topological polar surface area (TPSA) is 115 Å². The van der Waals surface area contributed by atoms with Gasteiger partial charge in [0.05, 0.1) is 18.2 Å². The molecule has 1 amide bonds. The maximum Gasteiger partial charge on any atom is 0.361 e. The van der Waals surface area contributed by atoms with Crippen LogP contribution in [-0.2, 0) is 9.53 Å². The van der Waals surface area contributed by atoms with Gasteiger partial charge in [0.2, 0.25) is 0 Å². The quantitative estimate of drug-likeness (QED) is 0.463. The molecular formula is C21H21BrN4O5. The fraction of sp³-hybridized carbons (Fsp3) is 0.238. The summed E-state index contributed by atoms with van der Waals surface area (Å²) >= 11 is 3.43. The third-order valence-corrected chi connectivity index (χ3v) is 4.79. The lowest BCUT2D eigenvalue weighted by Gasteiger charge is -2.14. The normalized spacial score (nSPS) is 10.5. The van der Waals surface area contributed by atoms with Crippen molar-refractivity contribution in [2.45, 2.75) is 13.8 Å². The van der Waals surface area contributed by atoms with E-state index in [9.17, 15) is 9.59 Å². The maximum atomic E-state index is 12.3. The first kappa shape index (κ1) is 22.3. The van der Waals surface area contributed by atoms with Crippen molar-refractivity contribution in [2.75, 3.05) is 25.6 Å². The van der Waals surface area contributed by atoms with Gasteiger partial charge in [-0.3, -0.25) is 4.79 Å². The molecular weight excluding hydrogens is 468 g/mol. The van der Waals surface area contributed by atoms with Crippen LogP contribution in [0.1, 0.15) is 23.0 Å². The van der Waals surface area contributed by atoms with Crippen LogP contribution in [0.4, 0.5) is 5.69 Å². The van der Waals surface area contributed by atoms with Crippen LogP contribution in [-0.4, -0.2) is 47.6 Å². The highest BCUT2D eigenvalue weighted by atomic mass is 79.9. The molecule has 0 aliphatic heterocycles. The van der Waals surface area contributed by atoms with E-state index < -0.39 is 5.97 Å². The minimum Gasteiger partial charge on any atom is -0.493 e. The van der Waals surface area contributed by atoms with Crippen LogP contribution in [0, 0.1) is 6.92 Å². The summed E-state index contributed by atoms with van der Waals surface area (Å²) in [6, 6.07) is 10.8. The Hall–Kier alpha value is -3.40. The Bertz CT molecular complexity index is 1080. The Balaban J connectivity index is 1.77. The van der Waals surface area contributed by atoms with E-state index >= 15 is 0 Å². The second-order valence-corrected chi connectivity index (χ2v) is 7.29. The molecule has 10 heteroatoms. The van der Waals surface area contributed by atoms with Gasteiger partial charge in [-0.25, -0.2) is 4.79 Å². The van der Waals surface area contributed by atoms with Gasteiger partial charge in [0.1, 0.15) is 5.69 Å². The van der Waals surface area contributed by atoms with Gasteiger partial charge in [-0.05, 0) is 54.0 Å². The Morgan fingerprint density at radius 3 is 2.58 bits per heavy atom. The number of amides is 1. The number of carbonyl (C=O) groups is 2. The second-order valence-electron chi connectivity index (χ2n) is 6.43. The molecule has 0 bridgehead atoms. The van der Waals surface area contributed by atoms with E-state index in [1.807, 2.05) is 31.2 Å². The molecule has 2 N–H and O–H groups in total. The molecule has 1 aromatic heterocycles. The molecule has 31 heavy (non-hydrogen) atoms. The number of aryl methyl sites for hydroxylation is 1. The number of hydrogen-bond donors (Lipinski definition) is 2. The first-order chi connectivity index (χ1) is 14.9. The summed E-state index contributed by atoms with van der Waals surface area (Å²) in [6.45, 7) is 3.67. The lowest BCUT2D eigenvalue weighted by molar-refractivity contribution is -0.118. The number of esters is 1. The first-order valence-corrected chi connectivity index (χ1v) is 10.2. The molecule has 0 radical (unpaired) electrons. The molecule has 0 spiro atoms. The Morgan fingerprint density at radius 2 is 1.90 bits per heavy atom. The van der Waals surface area contributed by atoms with E-state index in [-0.39, 0.29) is 24.8 Å². The van der Waals surface area contributed by atoms with Gasteiger partial charge in [-0.1, -0.05) is 17.7 Å². The standard InChI is InChI=1S/C21H21BrN4O5/c1-4-30-21(28)19-18(24-26-25-19)13-9-15(22)20(16(10-13)29-3)31-11-17(27)23-14-7-5-12(2)6-8-14/h5-10H,4,11H2,1-3H3,(H,23,27)(H,24,25,26). The van der Waals surface area contributed by atoms with Gasteiger partial charge in [-0.2, -0.15) is 10.3 Å². The molecule has 3 rings (SSSR count). The minimum absolute atomic E-state index is 0.0574. The molecule has 0 unspecified atom stereocenters. The molecule has 0 atom stereocenters. The van der Waals surface area contributed by atoms with Crippen molar-refractivity contribution < 1.29 is 23.8 Å². The highest BCUT2D eigenvalue weighted by Gasteiger charge is 2.22. The summed E-state index contributed by atoms with van der Waals surface area (Å²) in [7, 11) is 1.47. The minimum atomic E-state index is -0.588. The predicted molar refractivity (Wildman–Crippen MR) is 117 cm³/mol. The Kier molecular flexibility index (Phi) is 7.24. The highest BCUT2D eigenvalue weighted by molar-refractivity contribution is 9.10. The highest BCUT2D eigenvalue weighted by Crippen LogP contribution is 2.39. The molecule has 0 fully saturated rings. The van der Waals surface area contributed by atoms with Crippen molar-refractivity contribution >= 4 is 33.5 Å². The number of H-pyrrole nitrogens is 1. The Morgan fingerprint density at radius 1 is 1.16 bits per heavy atom. The van der Waals surface area contributed by atoms with Crippen molar-refractivity contribution in [3.05, 3.63) is 52.1 Å². The van der Waals surface area contributed by atoms with Gasteiger partial charge < -0.3 is 19.5 Å².